The highest BCUT2D eigenvalue weighted by Gasteiger charge is 2.65. The summed E-state index contributed by atoms with van der Waals surface area (Å²) in [6.45, 7) is 5.42. The molecule has 0 aromatic carbocycles. The number of hydrogen-bond acceptors (Lipinski definition) is 2. The Morgan fingerprint density at radius 2 is 1.38 bits per heavy atom. The van der Waals surface area contributed by atoms with E-state index in [4.69, 9.17) is 0 Å². The Morgan fingerprint density at radius 3 is 2.31 bits per heavy atom. The molecule has 7 aliphatic rings. The third kappa shape index (κ3) is 2.51. The van der Waals surface area contributed by atoms with Gasteiger partial charge in [0.2, 0.25) is 0 Å². The minimum Gasteiger partial charge on any atom is -0.292 e. The molecule has 7 rings (SSSR count). The third-order valence-electron chi connectivity index (χ3n) is 11.9. The van der Waals surface area contributed by atoms with E-state index in [0.29, 0.717) is 5.41 Å². The van der Waals surface area contributed by atoms with E-state index in [0.717, 1.165) is 64.1 Å². The normalized spacial score (nSPS) is 57.9. The summed E-state index contributed by atoms with van der Waals surface area (Å²) in [6.07, 6.45) is 20.1. The highest BCUT2D eigenvalue weighted by atomic mass is 32.2. The van der Waals surface area contributed by atoms with Crippen LogP contribution in [0, 0.1) is 40.9 Å². The molecule has 29 heavy (non-hydrogen) atoms. The number of thioether (sulfide) groups is 1. The molecule has 11 atom stereocenters. The van der Waals surface area contributed by atoms with Crippen LogP contribution in [0.3, 0.4) is 0 Å². The van der Waals surface area contributed by atoms with Gasteiger partial charge >= 0.3 is 0 Å². The lowest BCUT2D eigenvalue weighted by molar-refractivity contribution is 0.0203. The Bertz CT molecular complexity index is 659. The van der Waals surface area contributed by atoms with Crippen LogP contribution in [0.1, 0.15) is 97.3 Å². The van der Waals surface area contributed by atoms with Crippen LogP contribution in [-0.4, -0.2) is 33.5 Å². The second-order valence-corrected chi connectivity index (χ2v) is 14.4. The van der Waals surface area contributed by atoms with Crippen molar-refractivity contribution in [3.05, 3.63) is 0 Å². The van der Waals surface area contributed by atoms with Gasteiger partial charge in [-0.2, -0.15) is 11.8 Å². The standard InChI is InChI=1S/C27H43NS/c1-27(2)20-10-4-3-8-16(20)18-14-19-17-9-7-13-25-26(17)28(23(19)15-21(18)27)22-11-5-6-12-24(22)29-25/h16-26H,3-15H2,1-2H3. The molecule has 0 aromatic rings. The molecule has 162 valence electrons. The van der Waals surface area contributed by atoms with Crippen molar-refractivity contribution in [1.82, 2.24) is 4.90 Å². The van der Waals surface area contributed by atoms with E-state index >= 15 is 0 Å². The van der Waals surface area contributed by atoms with Crippen LogP contribution in [0.2, 0.25) is 0 Å². The van der Waals surface area contributed by atoms with Gasteiger partial charge in [-0.15, -0.1) is 0 Å². The van der Waals surface area contributed by atoms with Crippen LogP contribution in [0.25, 0.3) is 0 Å². The summed E-state index contributed by atoms with van der Waals surface area (Å²) in [6, 6.07) is 2.90. The number of rotatable bonds is 0. The summed E-state index contributed by atoms with van der Waals surface area (Å²) in [7, 11) is 0. The molecular formula is C27H43NS. The summed E-state index contributed by atoms with van der Waals surface area (Å²) >= 11 is 2.49. The minimum absolute atomic E-state index is 0.615. The van der Waals surface area contributed by atoms with E-state index in [-0.39, 0.29) is 0 Å². The maximum Gasteiger partial charge on any atom is 0.0252 e. The molecule has 2 saturated heterocycles. The van der Waals surface area contributed by atoms with Gasteiger partial charge < -0.3 is 0 Å². The first-order valence-corrected chi connectivity index (χ1v) is 14.5. The van der Waals surface area contributed by atoms with Gasteiger partial charge in [-0.05, 0) is 92.3 Å². The van der Waals surface area contributed by atoms with Gasteiger partial charge in [0, 0.05) is 28.6 Å². The van der Waals surface area contributed by atoms with Gasteiger partial charge in [0.05, 0.1) is 0 Å². The van der Waals surface area contributed by atoms with Crippen LogP contribution in [-0.2, 0) is 0 Å². The maximum atomic E-state index is 3.29. The van der Waals surface area contributed by atoms with E-state index in [1.165, 1.54) is 44.9 Å². The van der Waals surface area contributed by atoms with Crippen molar-refractivity contribution in [2.45, 2.75) is 126 Å². The molecule has 0 aromatic heterocycles. The summed E-state index contributed by atoms with van der Waals surface area (Å²) in [4.78, 5) is 3.29. The molecule has 0 N–H and O–H groups in total. The van der Waals surface area contributed by atoms with Crippen molar-refractivity contribution in [1.29, 1.82) is 0 Å². The Hall–Kier alpha value is 0.310. The molecule has 1 nitrogen and oxygen atoms in total. The molecule has 0 amide bonds. The molecule has 11 unspecified atom stereocenters. The maximum absolute atomic E-state index is 3.29. The lowest BCUT2D eigenvalue weighted by atomic mass is 9.62. The zero-order valence-electron chi connectivity index (χ0n) is 18.9. The van der Waals surface area contributed by atoms with Gasteiger partial charge in [-0.1, -0.05) is 46.0 Å². The molecule has 0 bridgehead atoms. The van der Waals surface area contributed by atoms with Crippen molar-refractivity contribution >= 4 is 11.8 Å². The highest BCUT2D eigenvalue weighted by Crippen LogP contribution is 2.67. The molecule has 2 heteroatoms. The second kappa shape index (κ2) is 6.66. The fourth-order valence-electron chi connectivity index (χ4n) is 10.9. The van der Waals surface area contributed by atoms with E-state index in [1.807, 2.05) is 0 Å². The molecule has 5 aliphatic carbocycles. The van der Waals surface area contributed by atoms with Crippen molar-refractivity contribution in [2.24, 2.45) is 40.9 Å². The van der Waals surface area contributed by atoms with Crippen LogP contribution in [0.5, 0.6) is 0 Å². The predicted octanol–water partition coefficient (Wildman–Crippen LogP) is 6.75. The SMILES string of the molecule is CC1(C)C2CCCCC2C2CC3C4CCCC5SC6CCCCC6N(C3CC21)C54. The lowest BCUT2D eigenvalue weighted by Gasteiger charge is -2.54. The molecule has 7 fully saturated rings. The predicted molar refractivity (Wildman–Crippen MR) is 123 cm³/mol. The second-order valence-electron chi connectivity index (χ2n) is 12.9. The van der Waals surface area contributed by atoms with E-state index in [9.17, 15) is 0 Å². The summed E-state index contributed by atoms with van der Waals surface area (Å²) in [5, 5.41) is 1.98. The molecular weight excluding hydrogens is 370 g/mol. The van der Waals surface area contributed by atoms with Gasteiger partial charge in [0.1, 0.15) is 0 Å². The van der Waals surface area contributed by atoms with Crippen molar-refractivity contribution in [2.75, 3.05) is 0 Å². The number of hydrogen-bond donors (Lipinski definition) is 0. The average Bonchev–Trinajstić information content (AvgIpc) is 3.19. The summed E-state index contributed by atoms with van der Waals surface area (Å²) < 4.78 is 0. The quantitative estimate of drug-likeness (QED) is 0.432. The topological polar surface area (TPSA) is 3.24 Å². The monoisotopic (exact) mass is 413 g/mol. The summed E-state index contributed by atoms with van der Waals surface area (Å²) in [5.74, 6) is 6.42. The zero-order chi connectivity index (χ0) is 19.3. The van der Waals surface area contributed by atoms with Crippen molar-refractivity contribution in [3.63, 3.8) is 0 Å². The summed E-state index contributed by atoms with van der Waals surface area (Å²) in [5.41, 5.74) is 0.615. The number of nitrogens with zero attached hydrogens (tertiary/aromatic N) is 1. The molecule has 0 spiro atoms. The minimum atomic E-state index is 0.615. The van der Waals surface area contributed by atoms with Crippen LogP contribution < -0.4 is 0 Å². The first kappa shape index (κ1) is 18.8. The van der Waals surface area contributed by atoms with Gasteiger partial charge in [0.15, 0.2) is 0 Å². The van der Waals surface area contributed by atoms with Gasteiger partial charge in [0.25, 0.3) is 0 Å². The third-order valence-corrected chi connectivity index (χ3v) is 13.6. The number of fused-ring (bicyclic) bond motifs is 8. The largest absolute Gasteiger partial charge is 0.292 e. The average molecular weight is 414 g/mol. The van der Waals surface area contributed by atoms with Crippen molar-refractivity contribution < 1.29 is 0 Å². The van der Waals surface area contributed by atoms with Crippen LogP contribution in [0.15, 0.2) is 0 Å². The first-order valence-electron chi connectivity index (χ1n) is 13.6. The van der Waals surface area contributed by atoms with Crippen molar-refractivity contribution in [3.8, 4) is 0 Å². The molecule has 2 heterocycles. The molecule has 2 aliphatic heterocycles. The Morgan fingerprint density at radius 1 is 0.621 bits per heavy atom. The van der Waals surface area contributed by atoms with Crippen LogP contribution in [0.4, 0.5) is 0 Å². The van der Waals surface area contributed by atoms with Gasteiger partial charge in [-0.25, -0.2) is 0 Å². The molecule has 0 radical (unpaired) electrons. The zero-order valence-corrected chi connectivity index (χ0v) is 19.7. The molecule has 5 saturated carbocycles. The Balaban J connectivity index is 1.26. The fourth-order valence-corrected chi connectivity index (χ4v) is 13.0. The highest BCUT2D eigenvalue weighted by molar-refractivity contribution is 8.00. The Labute approximate surface area is 183 Å². The lowest BCUT2D eigenvalue weighted by Crippen LogP contribution is -2.60. The Kier molecular flexibility index (Phi) is 4.33. The first-order chi connectivity index (χ1) is 14.1. The van der Waals surface area contributed by atoms with E-state index in [2.05, 4.69) is 30.5 Å². The fraction of sp³-hybridized carbons (Fsp3) is 1.00. The van der Waals surface area contributed by atoms with Gasteiger partial charge in [-0.3, -0.25) is 4.90 Å². The van der Waals surface area contributed by atoms with Crippen LogP contribution >= 0.6 is 11.8 Å². The van der Waals surface area contributed by atoms with E-state index < -0.39 is 0 Å². The van der Waals surface area contributed by atoms with E-state index in [1.54, 1.807) is 38.5 Å². The smallest absolute Gasteiger partial charge is 0.0252 e.